The largest absolute Gasteiger partial charge is 0.384 e. The third kappa shape index (κ3) is 6.27. The summed E-state index contributed by atoms with van der Waals surface area (Å²) in [6.45, 7) is 0. The second-order valence-electron chi connectivity index (χ2n) is 7.40. The molecule has 3 rings (SSSR count). The number of carbonyl (C=O) groups excluding carboxylic acids is 3. The summed E-state index contributed by atoms with van der Waals surface area (Å²) in [5.41, 5.74) is 12.6. The molecule has 0 spiro atoms. The lowest BCUT2D eigenvalue weighted by molar-refractivity contribution is -0.128. The van der Waals surface area contributed by atoms with Gasteiger partial charge in [0.15, 0.2) is 1.41 Å². The Hall–Kier alpha value is -4.46. The van der Waals surface area contributed by atoms with Crippen molar-refractivity contribution in [2.75, 3.05) is 0 Å². The van der Waals surface area contributed by atoms with Crippen molar-refractivity contribution in [3.05, 3.63) is 107 Å². The van der Waals surface area contributed by atoms with E-state index in [1.54, 1.807) is 66.7 Å². The van der Waals surface area contributed by atoms with Crippen LogP contribution in [0.25, 0.3) is 0 Å². The van der Waals surface area contributed by atoms with Gasteiger partial charge in [0.05, 0.1) is 0 Å². The summed E-state index contributed by atoms with van der Waals surface area (Å²) in [6, 6.07) is 20.9. The Morgan fingerprint density at radius 3 is 2.09 bits per heavy atom. The number of nitrogen functional groups attached to an aromatic ring is 1. The summed E-state index contributed by atoms with van der Waals surface area (Å²) in [4.78, 5) is 38.5. The van der Waals surface area contributed by atoms with E-state index in [0.717, 1.165) is 5.56 Å². The fourth-order valence-corrected chi connectivity index (χ4v) is 3.25. The number of primary amides is 1. The van der Waals surface area contributed by atoms with E-state index in [-0.39, 0.29) is 17.8 Å². The number of hydrogen-bond acceptors (Lipinski definition) is 4. The molecule has 3 aromatic rings. The fraction of sp³-hybridized carbons (Fsp3) is 0.120. The van der Waals surface area contributed by atoms with Crippen LogP contribution in [0.15, 0.2) is 84.9 Å². The van der Waals surface area contributed by atoms with Crippen molar-refractivity contribution in [3.8, 4) is 0 Å². The van der Waals surface area contributed by atoms with Crippen LogP contribution in [0.1, 0.15) is 33.1 Å². The molecular weight excluding hydrogens is 418 g/mol. The molecule has 0 aliphatic heterocycles. The summed E-state index contributed by atoms with van der Waals surface area (Å²) in [7, 11) is 0. The predicted octanol–water partition coefficient (Wildman–Crippen LogP) is 1.65. The minimum absolute atomic E-state index is 0.0900. The zero-order valence-electron chi connectivity index (χ0n) is 18.8. The molecule has 0 unspecified atom stereocenters. The molecule has 0 saturated carbocycles. The van der Waals surface area contributed by atoms with Crippen LogP contribution in [0.4, 0.5) is 0 Å². The summed E-state index contributed by atoms with van der Waals surface area (Å²) < 4.78 is 8.51. The Morgan fingerprint density at radius 1 is 0.879 bits per heavy atom. The van der Waals surface area contributed by atoms with Crippen LogP contribution in [-0.2, 0) is 16.0 Å². The first-order valence-corrected chi connectivity index (χ1v) is 10.2. The van der Waals surface area contributed by atoms with E-state index < -0.39 is 29.8 Å². The minimum Gasteiger partial charge on any atom is -0.384 e. The van der Waals surface area contributed by atoms with Gasteiger partial charge >= 0.3 is 0 Å². The van der Waals surface area contributed by atoms with E-state index in [1.165, 1.54) is 12.1 Å². The molecule has 3 amide bonds. The Morgan fingerprint density at radius 2 is 1.48 bits per heavy atom. The highest BCUT2D eigenvalue weighted by atomic mass is 16.2. The SMILES string of the molecule is [2H]N(C(=O)c1cccc(C(=N)N)c1)[C@@H](C(=O)N[C@@H](Cc1ccccc1)C(N)=O)c1ccccc1. The number of benzene rings is 3. The van der Waals surface area contributed by atoms with Gasteiger partial charge < -0.3 is 22.1 Å². The van der Waals surface area contributed by atoms with Crippen LogP contribution in [0.3, 0.4) is 0 Å². The number of nitrogens with one attached hydrogen (secondary N) is 3. The van der Waals surface area contributed by atoms with E-state index >= 15 is 0 Å². The van der Waals surface area contributed by atoms with Gasteiger partial charge in [0.2, 0.25) is 11.8 Å². The third-order valence-corrected chi connectivity index (χ3v) is 4.97. The van der Waals surface area contributed by atoms with Crippen molar-refractivity contribution < 1.29 is 15.8 Å². The van der Waals surface area contributed by atoms with Gasteiger partial charge in [-0.3, -0.25) is 19.8 Å². The number of hydrogen-bond donors (Lipinski definition) is 5. The Kier molecular flexibility index (Phi) is 7.07. The molecule has 0 aliphatic rings. The monoisotopic (exact) mass is 444 g/mol. The lowest BCUT2D eigenvalue weighted by atomic mass is 10.0. The van der Waals surface area contributed by atoms with E-state index in [4.69, 9.17) is 18.3 Å². The fourth-order valence-electron chi connectivity index (χ4n) is 3.25. The normalized spacial score (nSPS) is 12.7. The topological polar surface area (TPSA) is 151 Å². The maximum Gasteiger partial charge on any atom is 0.252 e. The molecule has 33 heavy (non-hydrogen) atoms. The van der Waals surface area contributed by atoms with Gasteiger partial charge in [0, 0.05) is 17.5 Å². The van der Waals surface area contributed by atoms with Crippen LogP contribution in [0.2, 0.25) is 1.41 Å². The van der Waals surface area contributed by atoms with Crippen molar-refractivity contribution in [1.29, 1.82) is 5.41 Å². The van der Waals surface area contributed by atoms with Gasteiger partial charge in [0.1, 0.15) is 17.9 Å². The van der Waals surface area contributed by atoms with Crippen LogP contribution in [-0.4, -0.2) is 29.6 Å². The lowest BCUT2D eigenvalue weighted by Gasteiger charge is -2.22. The molecule has 2 atom stereocenters. The van der Waals surface area contributed by atoms with Crippen molar-refractivity contribution in [2.24, 2.45) is 11.5 Å². The van der Waals surface area contributed by atoms with Gasteiger partial charge in [-0.25, -0.2) is 0 Å². The molecule has 3 aromatic carbocycles. The highest BCUT2D eigenvalue weighted by Gasteiger charge is 2.27. The molecule has 0 radical (unpaired) electrons. The minimum atomic E-state index is -1.35. The second kappa shape index (κ2) is 10.7. The number of amides is 3. The third-order valence-electron chi connectivity index (χ3n) is 4.97. The first-order chi connectivity index (χ1) is 16.3. The van der Waals surface area contributed by atoms with Crippen molar-refractivity contribution in [1.82, 2.24) is 10.6 Å². The predicted molar refractivity (Wildman–Crippen MR) is 125 cm³/mol. The maximum absolute atomic E-state index is 13.3. The van der Waals surface area contributed by atoms with E-state index in [2.05, 4.69) is 5.32 Å². The standard InChI is InChI=1S/C25H25N5O3/c26-22(27)18-12-7-13-19(15-18)24(32)30-21(17-10-5-2-6-11-17)25(33)29-20(23(28)31)14-16-8-3-1-4-9-16/h1-13,15,20-21H,14H2,(H3,26,27)(H2,28,31)(H,29,33)(H,30,32)/t20-,21+/m0/s1/i/hD. The highest BCUT2D eigenvalue weighted by molar-refractivity contribution is 6.01. The van der Waals surface area contributed by atoms with Crippen LogP contribution < -0.4 is 22.1 Å². The second-order valence-corrected chi connectivity index (χ2v) is 7.40. The molecule has 7 N–H and O–H groups in total. The van der Waals surface area contributed by atoms with Crippen LogP contribution in [0.5, 0.6) is 0 Å². The van der Waals surface area contributed by atoms with Crippen LogP contribution in [0, 0.1) is 5.41 Å². The first kappa shape index (κ1) is 21.8. The molecule has 8 nitrogen and oxygen atoms in total. The average molecular weight is 445 g/mol. The van der Waals surface area contributed by atoms with Gasteiger partial charge in [-0.2, -0.15) is 0 Å². The van der Waals surface area contributed by atoms with Gasteiger partial charge in [-0.05, 0) is 23.3 Å². The van der Waals surface area contributed by atoms with Gasteiger partial charge in [-0.15, -0.1) is 0 Å². The molecule has 0 saturated heterocycles. The smallest absolute Gasteiger partial charge is 0.252 e. The van der Waals surface area contributed by atoms with Crippen molar-refractivity contribution in [2.45, 2.75) is 18.5 Å². The Bertz CT molecular complexity index is 1190. The summed E-state index contributed by atoms with van der Waals surface area (Å²) in [5.74, 6) is -2.46. The summed E-state index contributed by atoms with van der Waals surface area (Å²) >= 11 is 0. The lowest BCUT2D eigenvalue weighted by Crippen LogP contribution is -2.50. The molecule has 0 aliphatic carbocycles. The zero-order chi connectivity index (χ0) is 24.7. The van der Waals surface area contributed by atoms with E-state index in [0.29, 0.717) is 16.4 Å². The maximum atomic E-state index is 13.3. The number of carbonyl (C=O) groups is 3. The number of nitrogens with two attached hydrogens (primary N) is 2. The molecule has 0 bridgehead atoms. The first-order valence-electron chi connectivity index (χ1n) is 10.7. The number of amidine groups is 1. The van der Waals surface area contributed by atoms with Crippen molar-refractivity contribution >= 4 is 23.6 Å². The van der Waals surface area contributed by atoms with E-state index in [9.17, 15) is 14.4 Å². The molecule has 8 heteroatoms. The van der Waals surface area contributed by atoms with Gasteiger partial charge in [-0.1, -0.05) is 72.8 Å². The van der Waals surface area contributed by atoms with Crippen molar-refractivity contribution in [3.63, 3.8) is 0 Å². The average Bonchev–Trinajstić information content (AvgIpc) is 2.84. The number of rotatable bonds is 9. The summed E-state index contributed by atoms with van der Waals surface area (Å²) in [6.07, 6.45) is 0.163. The molecular formula is C25H25N5O3. The molecule has 0 fully saturated rings. The quantitative estimate of drug-likeness (QED) is 0.252. The summed E-state index contributed by atoms with van der Waals surface area (Å²) in [5, 5.41) is 10.7. The molecule has 168 valence electrons. The zero-order valence-corrected chi connectivity index (χ0v) is 17.8. The molecule has 0 heterocycles. The highest BCUT2D eigenvalue weighted by Crippen LogP contribution is 2.16. The van der Waals surface area contributed by atoms with E-state index in [1.807, 2.05) is 6.07 Å². The Balaban J connectivity index is 1.90. The molecule has 0 aromatic heterocycles. The van der Waals surface area contributed by atoms with Crippen LogP contribution >= 0.6 is 0 Å². The van der Waals surface area contributed by atoms with Gasteiger partial charge in [0.25, 0.3) is 5.91 Å². The Labute approximate surface area is 193 Å².